The van der Waals surface area contributed by atoms with Gasteiger partial charge in [0.05, 0.1) is 17.7 Å². The van der Waals surface area contributed by atoms with E-state index in [1.807, 2.05) is 29.2 Å². The Kier molecular flexibility index (Phi) is 5.91. The van der Waals surface area contributed by atoms with Crippen LogP contribution in [0, 0.1) is 29.5 Å². The zero-order chi connectivity index (χ0) is 22.7. The fraction of sp³-hybridized carbons (Fsp3) is 0.240. The van der Waals surface area contributed by atoms with Crippen LogP contribution in [-0.4, -0.2) is 29.6 Å². The number of pyridine rings is 1. The number of amides is 1. The molecule has 1 aliphatic heterocycles. The number of anilines is 1. The number of carbonyl (C=O) groups is 1. The highest BCUT2D eigenvalue weighted by atomic mass is 19.1. The van der Waals surface area contributed by atoms with E-state index in [-0.39, 0.29) is 29.5 Å². The number of benzene rings is 2. The quantitative estimate of drug-likeness (QED) is 0.649. The van der Waals surface area contributed by atoms with Gasteiger partial charge in [-0.3, -0.25) is 9.59 Å². The van der Waals surface area contributed by atoms with Crippen molar-refractivity contribution in [2.45, 2.75) is 25.4 Å². The first kappa shape index (κ1) is 21.1. The van der Waals surface area contributed by atoms with Crippen molar-refractivity contribution >= 4 is 22.5 Å². The highest BCUT2D eigenvalue weighted by Crippen LogP contribution is 2.31. The minimum atomic E-state index is -0.435. The molecule has 2 heterocycles. The lowest BCUT2D eigenvalue weighted by molar-refractivity contribution is -0.116. The molecule has 0 bridgehead atoms. The van der Waals surface area contributed by atoms with Crippen molar-refractivity contribution in [2.75, 3.05) is 18.0 Å². The van der Waals surface area contributed by atoms with Crippen LogP contribution in [0.25, 0.3) is 10.9 Å². The van der Waals surface area contributed by atoms with Gasteiger partial charge in [0.1, 0.15) is 17.4 Å². The summed E-state index contributed by atoms with van der Waals surface area (Å²) in [6.07, 6.45) is 6.45. The van der Waals surface area contributed by atoms with E-state index in [0.29, 0.717) is 37.1 Å². The van der Waals surface area contributed by atoms with Crippen LogP contribution in [0.3, 0.4) is 0 Å². The highest BCUT2D eigenvalue weighted by Gasteiger charge is 2.26. The number of nitrogens with zero attached hydrogens (tertiary/aromatic N) is 3. The SMILES string of the molecule is C#CC(=O)NC1CCN(c2c(C#N)c(=O)n(Cc3ccc(F)cc3)c3ccccc23)CC1. The summed E-state index contributed by atoms with van der Waals surface area (Å²) in [5.74, 6) is 1.28. The zero-order valence-electron chi connectivity index (χ0n) is 17.3. The Balaban J connectivity index is 1.74. The molecule has 0 unspecified atom stereocenters. The summed E-state index contributed by atoms with van der Waals surface area (Å²) in [4.78, 5) is 26.9. The van der Waals surface area contributed by atoms with Crippen molar-refractivity contribution in [1.82, 2.24) is 9.88 Å². The van der Waals surface area contributed by atoms with Crippen molar-refractivity contribution in [3.05, 3.63) is 75.8 Å². The third kappa shape index (κ3) is 4.06. The van der Waals surface area contributed by atoms with Gasteiger partial charge in [0.2, 0.25) is 0 Å². The predicted octanol–water partition coefficient (Wildman–Crippen LogP) is 2.78. The molecule has 1 aliphatic rings. The molecule has 160 valence electrons. The predicted molar refractivity (Wildman–Crippen MR) is 121 cm³/mol. The minimum Gasteiger partial charge on any atom is -0.370 e. The monoisotopic (exact) mass is 428 g/mol. The van der Waals surface area contributed by atoms with E-state index in [1.165, 1.54) is 12.1 Å². The number of hydrogen-bond donors (Lipinski definition) is 1. The van der Waals surface area contributed by atoms with Gasteiger partial charge >= 0.3 is 0 Å². The van der Waals surface area contributed by atoms with Gasteiger partial charge in [-0.15, -0.1) is 6.42 Å². The molecule has 0 saturated carbocycles. The van der Waals surface area contributed by atoms with Crippen LogP contribution in [0.4, 0.5) is 10.1 Å². The van der Waals surface area contributed by atoms with Crippen molar-refractivity contribution in [1.29, 1.82) is 5.26 Å². The van der Waals surface area contributed by atoms with Crippen LogP contribution in [0.5, 0.6) is 0 Å². The molecule has 3 aromatic rings. The smallest absolute Gasteiger partial charge is 0.295 e. The second-order valence-electron chi connectivity index (χ2n) is 7.75. The maximum absolute atomic E-state index is 13.4. The van der Waals surface area contributed by atoms with E-state index in [1.54, 1.807) is 16.7 Å². The van der Waals surface area contributed by atoms with Crippen molar-refractivity contribution in [2.24, 2.45) is 0 Å². The van der Waals surface area contributed by atoms with E-state index in [2.05, 4.69) is 17.3 Å². The molecule has 6 nitrogen and oxygen atoms in total. The molecule has 0 radical (unpaired) electrons. The first-order valence-corrected chi connectivity index (χ1v) is 10.3. The first-order valence-electron chi connectivity index (χ1n) is 10.3. The lowest BCUT2D eigenvalue weighted by Gasteiger charge is -2.35. The normalized spacial score (nSPS) is 14.0. The van der Waals surface area contributed by atoms with Crippen LogP contribution >= 0.6 is 0 Å². The summed E-state index contributed by atoms with van der Waals surface area (Å²) in [6.45, 7) is 1.39. The Bertz CT molecular complexity index is 1310. The number of nitrogens with one attached hydrogen (secondary N) is 1. The van der Waals surface area contributed by atoms with Crippen LogP contribution in [0.2, 0.25) is 0 Å². The fourth-order valence-corrected chi connectivity index (χ4v) is 4.22. The number of terminal acetylenes is 1. The Morgan fingerprint density at radius 3 is 2.50 bits per heavy atom. The van der Waals surface area contributed by atoms with Crippen LogP contribution in [-0.2, 0) is 11.3 Å². The second kappa shape index (κ2) is 8.95. The first-order chi connectivity index (χ1) is 15.5. The van der Waals surface area contributed by atoms with Crippen molar-refractivity contribution < 1.29 is 9.18 Å². The Morgan fingerprint density at radius 2 is 1.84 bits per heavy atom. The molecule has 0 spiro atoms. The molecule has 2 aromatic carbocycles. The molecule has 1 saturated heterocycles. The van der Waals surface area contributed by atoms with E-state index < -0.39 is 5.91 Å². The van der Waals surface area contributed by atoms with Gasteiger partial charge < -0.3 is 14.8 Å². The number of hydrogen-bond acceptors (Lipinski definition) is 4. The Hall–Kier alpha value is -4.10. The third-order valence-corrected chi connectivity index (χ3v) is 5.79. The highest BCUT2D eigenvalue weighted by molar-refractivity contribution is 5.95. The van der Waals surface area contributed by atoms with E-state index in [9.17, 15) is 19.2 Å². The van der Waals surface area contributed by atoms with E-state index in [4.69, 9.17) is 6.42 Å². The summed E-state index contributed by atoms with van der Waals surface area (Å²) in [5, 5.41) is 13.5. The van der Waals surface area contributed by atoms with Crippen LogP contribution < -0.4 is 15.8 Å². The second-order valence-corrected chi connectivity index (χ2v) is 7.75. The molecule has 0 atom stereocenters. The molecule has 0 aliphatic carbocycles. The van der Waals surface area contributed by atoms with Crippen molar-refractivity contribution in [3.8, 4) is 18.4 Å². The molecular weight excluding hydrogens is 407 g/mol. The van der Waals surface area contributed by atoms with Gasteiger partial charge in [-0.25, -0.2) is 4.39 Å². The summed E-state index contributed by atoms with van der Waals surface area (Å²) in [5.41, 5.74) is 1.79. The fourth-order valence-electron chi connectivity index (χ4n) is 4.22. The van der Waals surface area contributed by atoms with Crippen molar-refractivity contribution in [3.63, 3.8) is 0 Å². The maximum Gasteiger partial charge on any atom is 0.295 e. The Labute approximate surface area is 184 Å². The number of halogens is 1. The molecule has 1 aromatic heterocycles. The lowest BCUT2D eigenvalue weighted by atomic mass is 10.0. The molecular formula is C25H21FN4O2. The third-order valence-electron chi connectivity index (χ3n) is 5.79. The number of para-hydroxylation sites is 1. The average Bonchev–Trinajstić information content (AvgIpc) is 2.82. The van der Waals surface area contributed by atoms with Gasteiger partial charge in [0.15, 0.2) is 0 Å². The van der Waals surface area contributed by atoms with Crippen LogP contribution in [0.1, 0.15) is 24.0 Å². The number of carbonyl (C=O) groups excluding carboxylic acids is 1. The summed E-state index contributed by atoms with van der Waals surface area (Å²) in [6, 6.07) is 15.5. The van der Waals surface area contributed by atoms with Gasteiger partial charge in [-0.2, -0.15) is 5.26 Å². The molecule has 32 heavy (non-hydrogen) atoms. The van der Waals surface area contributed by atoms with Crippen LogP contribution in [0.15, 0.2) is 53.3 Å². The average molecular weight is 428 g/mol. The lowest BCUT2D eigenvalue weighted by Crippen LogP contribution is -2.45. The summed E-state index contributed by atoms with van der Waals surface area (Å²) in [7, 11) is 0. The number of fused-ring (bicyclic) bond motifs is 1. The summed E-state index contributed by atoms with van der Waals surface area (Å²) < 4.78 is 14.9. The summed E-state index contributed by atoms with van der Waals surface area (Å²) >= 11 is 0. The zero-order valence-corrected chi connectivity index (χ0v) is 17.3. The number of aromatic nitrogens is 1. The Morgan fingerprint density at radius 1 is 1.16 bits per heavy atom. The topological polar surface area (TPSA) is 78.1 Å². The molecule has 7 heteroatoms. The number of nitriles is 1. The van der Waals surface area contributed by atoms with Gasteiger partial charge in [0.25, 0.3) is 11.5 Å². The largest absolute Gasteiger partial charge is 0.370 e. The molecule has 4 rings (SSSR count). The van der Waals surface area contributed by atoms with Gasteiger partial charge in [-0.1, -0.05) is 30.3 Å². The van der Waals surface area contributed by atoms with Gasteiger partial charge in [0, 0.05) is 24.5 Å². The minimum absolute atomic E-state index is 0.0366. The maximum atomic E-state index is 13.4. The standard InChI is InChI=1S/C25H21FN4O2/c1-2-23(31)28-19-11-13-29(14-12-19)24-20-5-3-4-6-22(20)30(25(32)21(24)15-27)16-17-7-9-18(26)10-8-17/h1,3-10,19H,11-14,16H2,(H,28,31). The van der Waals surface area contributed by atoms with E-state index >= 15 is 0 Å². The van der Waals surface area contributed by atoms with Gasteiger partial charge in [-0.05, 0) is 42.5 Å². The molecule has 1 fully saturated rings. The molecule has 1 N–H and O–H groups in total. The number of piperidine rings is 1. The molecule has 1 amide bonds. The van der Waals surface area contributed by atoms with E-state index in [0.717, 1.165) is 10.9 Å². The number of rotatable bonds is 4.